The van der Waals surface area contributed by atoms with Gasteiger partial charge < -0.3 is 0 Å². The Morgan fingerprint density at radius 2 is 2.07 bits per heavy atom. The number of pyridine rings is 1. The molecule has 1 heterocycles. The van der Waals surface area contributed by atoms with Crippen molar-refractivity contribution in [1.82, 2.24) is 14.0 Å². The molecule has 5 nitrogen and oxygen atoms in total. The largest absolute Gasteiger partial charge is 0.279 e. The normalized spacial score (nSPS) is 14.1. The maximum absolute atomic E-state index is 11.5. The molecule has 0 saturated heterocycles. The highest BCUT2D eigenvalue weighted by molar-refractivity contribution is 7.87. The van der Waals surface area contributed by atoms with Crippen LogP contribution in [0.2, 0.25) is 0 Å². The first kappa shape index (κ1) is 12.1. The van der Waals surface area contributed by atoms with Gasteiger partial charge in [-0.15, -0.1) is 0 Å². The van der Waals surface area contributed by atoms with Crippen LogP contribution in [-0.2, 0) is 10.2 Å². The van der Waals surface area contributed by atoms with Crippen LogP contribution in [0.4, 0.5) is 0 Å². The Bertz CT molecular complexity index is 403. The monoisotopic (exact) mass is 229 g/mol. The summed E-state index contributed by atoms with van der Waals surface area (Å²) in [6.45, 7) is 1.75. The first-order valence-electron chi connectivity index (χ1n) is 4.54. The number of hydrogen-bond acceptors (Lipinski definition) is 3. The smallest absolute Gasteiger partial charge is 0.260 e. The molecule has 0 aliphatic heterocycles. The second kappa shape index (κ2) is 4.69. The molecule has 15 heavy (non-hydrogen) atoms. The lowest BCUT2D eigenvalue weighted by Crippen LogP contribution is -2.37. The molecule has 1 atom stereocenters. The van der Waals surface area contributed by atoms with Crippen LogP contribution in [0.3, 0.4) is 0 Å². The summed E-state index contributed by atoms with van der Waals surface area (Å²) in [5, 5.41) is 0. The Kier molecular flexibility index (Phi) is 3.78. The molecule has 1 aromatic heterocycles. The summed E-state index contributed by atoms with van der Waals surface area (Å²) < 4.78 is 26.6. The predicted molar refractivity (Wildman–Crippen MR) is 58.4 cm³/mol. The van der Waals surface area contributed by atoms with Crippen LogP contribution in [0.1, 0.15) is 18.7 Å². The van der Waals surface area contributed by atoms with Gasteiger partial charge in [-0.25, -0.2) is 0 Å². The summed E-state index contributed by atoms with van der Waals surface area (Å²) in [5.41, 5.74) is 0.697. The quantitative estimate of drug-likeness (QED) is 0.819. The first-order valence-corrected chi connectivity index (χ1v) is 5.98. The zero-order valence-electron chi connectivity index (χ0n) is 9.01. The third-order valence-electron chi connectivity index (χ3n) is 1.94. The SMILES string of the molecule is C[C@H](NS(=O)(=O)N(C)C)c1ccccn1. The molecule has 0 amide bonds. The van der Waals surface area contributed by atoms with Gasteiger partial charge in [0.05, 0.1) is 11.7 Å². The van der Waals surface area contributed by atoms with Gasteiger partial charge in [-0.1, -0.05) is 6.07 Å². The number of nitrogens with one attached hydrogen (secondary N) is 1. The lowest BCUT2D eigenvalue weighted by molar-refractivity contribution is 0.493. The molecular formula is C9H15N3O2S. The zero-order chi connectivity index (χ0) is 11.5. The summed E-state index contributed by atoms with van der Waals surface area (Å²) in [7, 11) is -0.443. The van der Waals surface area contributed by atoms with Gasteiger partial charge in [0, 0.05) is 20.3 Å². The third kappa shape index (κ3) is 3.26. The average molecular weight is 229 g/mol. The van der Waals surface area contributed by atoms with E-state index in [4.69, 9.17) is 0 Å². The number of nitrogens with zero attached hydrogens (tertiary/aromatic N) is 2. The Morgan fingerprint density at radius 3 is 2.53 bits per heavy atom. The van der Waals surface area contributed by atoms with E-state index in [1.165, 1.54) is 14.1 Å². The van der Waals surface area contributed by atoms with E-state index in [1.54, 1.807) is 25.3 Å². The lowest BCUT2D eigenvalue weighted by Gasteiger charge is -2.17. The fourth-order valence-corrected chi connectivity index (χ4v) is 1.80. The van der Waals surface area contributed by atoms with Crippen molar-refractivity contribution in [3.8, 4) is 0 Å². The standard InChI is InChI=1S/C9H15N3O2S/c1-8(9-6-4-5-7-10-9)11-15(13,14)12(2)3/h4-8,11H,1-3H3/t8-/m0/s1. The molecule has 84 valence electrons. The van der Waals surface area contributed by atoms with Gasteiger partial charge in [-0.2, -0.15) is 17.4 Å². The second-order valence-electron chi connectivity index (χ2n) is 3.38. The van der Waals surface area contributed by atoms with Crippen LogP contribution in [0.5, 0.6) is 0 Å². The van der Waals surface area contributed by atoms with Crippen LogP contribution in [0.15, 0.2) is 24.4 Å². The molecule has 0 aromatic carbocycles. The van der Waals surface area contributed by atoms with E-state index >= 15 is 0 Å². The van der Waals surface area contributed by atoms with Crippen LogP contribution >= 0.6 is 0 Å². The summed E-state index contributed by atoms with van der Waals surface area (Å²) >= 11 is 0. The van der Waals surface area contributed by atoms with Gasteiger partial charge in [-0.3, -0.25) is 4.98 Å². The summed E-state index contributed by atoms with van der Waals surface area (Å²) in [5.74, 6) is 0. The van der Waals surface area contributed by atoms with E-state index in [2.05, 4.69) is 9.71 Å². The molecule has 6 heteroatoms. The van der Waals surface area contributed by atoms with Crippen LogP contribution < -0.4 is 4.72 Å². The predicted octanol–water partition coefficient (Wildman–Crippen LogP) is 0.539. The van der Waals surface area contributed by atoms with Crippen molar-refractivity contribution in [3.05, 3.63) is 30.1 Å². The highest BCUT2D eigenvalue weighted by Crippen LogP contribution is 2.09. The van der Waals surface area contributed by atoms with E-state index in [9.17, 15) is 8.42 Å². The minimum atomic E-state index is -3.40. The van der Waals surface area contributed by atoms with Gasteiger partial charge in [0.25, 0.3) is 10.2 Å². The molecule has 0 aliphatic rings. The van der Waals surface area contributed by atoms with Crippen molar-refractivity contribution in [1.29, 1.82) is 0 Å². The zero-order valence-corrected chi connectivity index (χ0v) is 9.82. The molecule has 0 bridgehead atoms. The van der Waals surface area contributed by atoms with Crippen LogP contribution in [0, 0.1) is 0 Å². The lowest BCUT2D eigenvalue weighted by atomic mass is 10.2. The molecule has 0 spiro atoms. The van der Waals surface area contributed by atoms with E-state index in [-0.39, 0.29) is 6.04 Å². The minimum Gasteiger partial charge on any atom is -0.260 e. The van der Waals surface area contributed by atoms with Crippen LogP contribution in [-0.4, -0.2) is 31.8 Å². The Morgan fingerprint density at radius 1 is 1.40 bits per heavy atom. The summed E-state index contributed by atoms with van der Waals surface area (Å²) in [6.07, 6.45) is 1.63. The first-order chi connectivity index (χ1) is 6.93. The van der Waals surface area contributed by atoms with Gasteiger partial charge in [-0.05, 0) is 19.1 Å². The minimum absolute atomic E-state index is 0.335. The molecule has 0 radical (unpaired) electrons. The van der Waals surface area contributed by atoms with E-state index < -0.39 is 10.2 Å². The fraction of sp³-hybridized carbons (Fsp3) is 0.444. The molecule has 0 saturated carbocycles. The Hall–Kier alpha value is -0.980. The molecule has 0 unspecified atom stereocenters. The summed E-state index contributed by atoms with van der Waals surface area (Å²) in [4.78, 5) is 4.08. The van der Waals surface area contributed by atoms with Gasteiger partial charge >= 0.3 is 0 Å². The number of rotatable bonds is 4. The Labute approximate surface area is 90.3 Å². The van der Waals surface area contributed by atoms with Crippen LogP contribution in [0.25, 0.3) is 0 Å². The average Bonchev–Trinajstić information content (AvgIpc) is 2.18. The van der Waals surface area contributed by atoms with Crippen molar-refractivity contribution in [3.63, 3.8) is 0 Å². The van der Waals surface area contributed by atoms with E-state index in [0.717, 1.165) is 4.31 Å². The maximum Gasteiger partial charge on any atom is 0.279 e. The fourth-order valence-electron chi connectivity index (χ4n) is 1.02. The number of aromatic nitrogens is 1. The van der Waals surface area contributed by atoms with Gasteiger partial charge in [0.2, 0.25) is 0 Å². The molecular weight excluding hydrogens is 214 g/mol. The molecule has 0 fully saturated rings. The maximum atomic E-state index is 11.5. The van der Waals surface area contributed by atoms with Crippen molar-refractivity contribution in [2.24, 2.45) is 0 Å². The van der Waals surface area contributed by atoms with Crippen molar-refractivity contribution in [2.75, 3.05) is 14.1 Å². The summed E-state index contributed by atoms with van der Waals surface area (Å²) in [6, 6.07) is 5.06. The van der Waals surface area contributed by atoms with Gasteiger partial charge in [0.15, 0.2) is 0 Å². The van der Waals surface area contributed by atoms with Gasteiger partial charge in [0.1, 0.15) is 0 Å². The second-order valence-corrected chi connectivity index (χ2v) is 5.30. The highest BCUT2D eigenvalue weighted by atomic mass is 32.2. The highest BCUT2D eigenvalue weighted by Gasteiger charge is 2.18. The molecule has 0 aliphatic carbocycles. The third-order valence-corrected chi connectivity index (χ3v) is 3.55. The van der Waals surface area contributed by atoms with Crippen molar-refractivity contribution >= 4 is 10.2 Å². The van der Waals surface area contributed by atoms with Crippen molar-refractivity contribution < 1.29 is 8.42 Å². The number of hydrogen-bond donors (Lipinski definition) is 1. The Balaban J connectivity index is 2.77. The van der Waals surface area contributed by atoms with E-state index in [1.807, 2.05) is 6.07 Å². The molecule has 1 rings (SSSR count). The molecule has 1 N–H and O–H groups in total. The molecule has 1 aromatic rings. The van der Waals surface area contributed by atoms with Crippen molar-refractivity contribution in [2.45, 2.75) is 13.0 Å². The topological polar surface area (TPSA) is 62.3 Å². The van der Waals surface area contributed by atoms with E-state index in [0.29, 0.717) is 5.69 Å².